The average Bonchev–Trinajstić information content (AvgIpc) is 3.48. The first kappa shape index (κ1) is 20.2. The molecule has 0 aliphatic carbocycles. The van der Waals surface area contributed by atoms with Gasteiger partial charge in [-0.3, -0.25) is 14.2 Å². The molecule has 7 nitrogen and oxygen atoms in total. The van der Waals surface area contributed by atoms with Gasteiger partial charge in [-0.2, -0.15) is 0 Å². The molecule has 0 unspecified atom stereocenters. The predicted molar refractivity (Wildman–Crippen MR) is 127 cm³/mol. The Hall–Kier alpha value is -3.45. The monoisotopic (exact) mass is 442 g/mol. The molecule has 7 heteroatoms. The first-order valence-electron chi connectivity index (χ1n) is 11.7. The van der Waals surface area contributed by atoms with E-state index >= 15 is 0 Å². The highest BCUT2D eigenvalue weighted by molar-refractivity contribution is 5.92. The zero-order valence-electron chi connectivity index (χ0n) is 18.4. The molecular formula is C26H26N4O3. The van der Waals surface area contributed by atoms with E-state index in [-0.39, 0.29) is 17.6 Å². The van der Waals surface area contributed by atoms with Gasteiger partial charge in [-0.25, -0.2) is 4.98 Å². The number of benzene rings is 2. The lowest BCUT2D eigenvalue weighted by atomic mass is 10.0. The topological polar surface area (TPSA) is 78.2 Å². The van der Waals surface area contributed by atoms with Crippen molar-refractivity contribution in [3.05, 3.63) is 64.4 Å². The third kappa shape index (κ3) is 3.43. The first-order chi connectivity index (χ1) is 16.2. The van der Waals surface area contributed by atoms with E-state index in [1.807, 2.05) is 36.4 Å². The van der Waals surface area contributed by atoms with E-state index in [1.54, 1.807) is 4.57 Å². The second kappa shape index (κ2) is 8.15. The molecule has 4 aromatic rings. The fourth-order valence-electron chi connectivity index (χ4n) is 5.23. The van der Waals surface area contributed by atoms with Gasteiger partial charge in [0.1, 0.15) is 0 Å². The van der Waals surface area contributed by atoms with E-state index in [9.17, 15) is 9.59 Å². The molecule has 1 fully saturated rings. The van der Waals surface area contributed by atoms with Gasteiger partial charge < -0.3 is 14.6 Å². The second-order valence-corrected chi connectivity index (χ2v) is 8.84. The fourth-order valence-corrected chi connectivity index (χ4v) is 5.23. The SMILES string of the molecule is O=C(CCn1c2c(c3ccccc31)CCn1c-2nc2ccccc2c1=O)NC[C@H]1CCCO1. The normalized spacial score (nSPS) is 17.3. The zero-order chi connectivity index (χ0) is 22.4. The van der Waals surface area contributed by atoms with Crippen molar-refractivity contribution in [3.63, 3.8) is 0 Å². The molecule has 0 bridgehead atoms. The molecule has 1 atom stereocenters. The minimum Gasteiger partial charge on any atom is -0.376 e. The molecule has 2 aliphatic rings. The van der Waals surface area contributed by atoms with Crippen LogP contribution in [0.2, 0.25) is 0 Å². The van der Waals surface area contributed by atoms with E-state index < -0.39 is 0 Å². The number of amides is 1. The highest BCUT2D eigenvalue weighted by Gasteiger charge is 2.27. The van der Waals surface area contributed by atoms with Crippen LogP contribution in [-0.4, -0.2) is 39.3 Å². The van der Waals surface area contributed by atoms with Crippen LogP contribution in [0, 0.1) is 0 Å². The number of hydrogen-bond acceptors (Lipinski definition) is 4. The predicted octanol–water partition coefficient (Wildman–Crippen LogP) is 3.26. The summed E-state index contributed by atoms with van der Waals surface area (Å²) in [5.41, 5.74) is 3.93. The van der Waals surface area contributed by atoms with Gasteiger partial charge >= 0.3 is 0 Å². The number of carbonyl (C=O) groups is 1. The van der Waals surface area contributed by atoms with E-state index in [2.05, 4.69) is 22.0 Å². The molecule has 0 saturated carbocycles. The number of hydrogen-bond donors (Lipinski definition) is 1. The molecule has 1 amide bonds. The summed E-state index contributed by atoms with van der Waals surface area (Å²) in [4.78, 5) is 30.8. The number of carbonyl (C=O) groups excluding carboxylic acids is 1. The van der Waals surface area contributed by atoms with Crippen molar-refractivity contribution in [3.8, 4) is 11.5 Å². The molecule has 168 valence electrons. The minimum atomic E-state index is -0.00707. The van der Waals surface area contributed by atoms with Gasteiger partial charge in [-0.15, -0.1) is 0 Å². The molecule has 4 heterocycles. The fraction of sp³-hybridized carbons (Fsp3) is 0.346. The van der Waals surface area contributed by atoms with Gasteiger partial charge in [0.25, 0.3) is 5.56 Å². The maximum atomic E-state index is 13.2. The Balaban J connectivity index is 1.39. The summed E-state index contributed by atoms with van der Waals surface area (Å²) >= 11 is 0. The number of fused-ring (bicyclic) bond motifs is 6. The van der Waals surface area contributed by atoms with Crippen LogP contribution < -0.4 is 10.9 Å². The van der Waals surface area contributed by atoms with Gasteiger partial charge in [-0.1, -0.05) is 30.3 Å². The third-order valence-corrected chi connectivity index (χ3v) is 6.85. The molecule has 6 rings (SSSR count). The number of aromatic nitrogens is 3. The average molecular weight is 443 g/mol. The van der Waals surface area contributed by atoms with Crippen molar-refractivity contribution in [1.82, 2.24) is 19.4 Å². The van der Waals surface area contributed by atoms with Crippen LogP contribution in [0.25, 0.3) is 33.3 Å². The van der Waals surface area contributed by atoms with Gasteiger partial charge in [0.2, 0.25) is 5.91 Å². The van der Waals surface area contributed by atoms with Crippen LogP contribution in [0.15, 0.2) is 53.3 Å². The summed E-state index contributed by atoms with van der Waals surface area (Å²) < 4.78 is 9.57. The van der Waals surface area contributed by atoms with E-state index in [0.29, 0.717) is 42.8 Å². The Kier molecular flexibility index (Phi) is 4.99. The lowest BCUT2D eigenvalue weighted by molar-refractivity contribution is -0.121. The van der Waals surface area contributed by atoms with Crippen LogP contribution in [0.3, 0.4) is 0 Å². The summed E-state index contributed by atoms with van der Waals surface area (Å²) in [5, 5.41) is 4.83. The Bertz CT molecular complexity index is 1430. The van der Waals surface area contributed by atoms with Crippen LogP contribution in [0.1, 0.15) is 24.8 Å². The van der Waals surface area contributed by atoms with Crippen molar-refractivity contribution in [1.29, 1.82) is 0 Å². The molecule has 0 radical (unpaired) electrons. The summed E-state index contributed by atoms with van der Waals surface area (Å²) in [5.74, 6) is 0.701. The van der Waals surface area contributed by atoms with Gasteiger partial charge in [0, 0.05) is 43.6 Å². The molecule has 1 N–H and O–H groups in total. The Morgan fingerprint density at radius 1 is 1.12 bits per heavy atom. The summed E-state index contributed by atoms with van der Waals surface area (Å²) in [6.45, 7) is 2.47. The number of rotatable bonds is 5. The van der Waals surface area contributed by atoms with Crippen LogP contribution in [-0.2, 0) is 29.0 Å². The van der Waals surface area contributed by atoms with Crippen LogP contribution in [0.5, 0.6) is 0 Å². The van der Waals surface area contributed by atoms with Crippen molar-refractivity contribution in [2.24, 2.45) is 0 Å². The van der Waals surface area contributed by atoms with Gasteiger partial charge in [0.15, 0.2) is 5.82 Å². The molecule has 0 spiro atoms. The van der Waals surface area contributed by atoms with Crippen molar-refractivity contribution in [2.75, 3.05) is 13.2 Å². The van der Waals surface area contributed by atoms with Gasteiger partial charge in [-0.05, 0) is 43.0 Å². The largest absolute Gasteiger partial charge is 0.376 e. The highest BCUT2D eigenvalue weighted by Crippen LogP contribution is 2.36. The lowest BCUT2D eigenvalue weighted by Gasteiger charge is -2.21. The number of ether oxygens (including phenoxy) is 1. The van der Waals surface area contributed by atoms with E-state index in [4.69, 9.17) is 9.72 Å². The molecule has 33 heavy (non-hydrogen) atoms. The number of aryl methyl sites for hydroxylation is 2. The Morgan fingerprint density at radius 2 is 1.94 bits per heavy atom. The van der Waals surface area contributed by atoms with Crippen molar-refractivity contribution >= 4 is 27.7 Å². The van der Waals surface area contributed by atoms with E-state index in [0.717, 1.165) is 37.1 Å². The van der Waals surface area contributed by atoms with Crippen molar-refractivity contribution in [2.45, 2.75) is 44.9 Å². The lowest BCUT2D eigenvalue weighted by Crippen LogP contribution is -2.32. The smallest absolute Gasteiger partial charge is 0.261 e. The summed E-state index contributed by atoms with van der Waals surface area (Å²) in [6.07, 6.45) is 3.31. The molecule has 1 saturated heterocycles. The minimum absolute atomic E-state index is 0.00707. The molecule has 2 aliphatic heterocycles. The van der Waals surface area contributed by atoms with Crippen LogP contribution in [0.4, 0.5) is 0 Å². The number of nitrogens with one attached hydrogen (secondary N) is 1. The summed E-state index contributed by atoms with van der Waals surface area (Å²) in [6, 6.07) is 15.8. The van der Waals surface area contributed by atoms with Gasteiger partial charge in [0.05, 0.1) is 22.7 Å². The van der Waals surface area contributed by atoms with E-state index in [1.165, 1.54) is 10.9 Å². The van der Waals surface area contributed by atoms with Crippen molar-refractivity contribution < 1.29 is 9.53 Å². The first-order valence-corrected chi connectivity index (χ1v) is 11.7. The Morgan fingerprint density at radius 3 is 2.79 bits per heavy atom. The second-order valence-electron chi connectivity index (χ2n) is 8.84. The zero-order valence-corrected chi connectivity index (χ0v) is 18.4. The quantitative estimate of drug-likeness (QED) is 0.515. The van der Waals surface area contributed by atoms with Crippen LogP contribution >= 0.6 is 0 Å². The maximum absolute atomic E-state index is 13.2. The molecule has 2 aromatic heterocycles. The highest BCUT2D eigenvalue weighted by atomic mass is 16.5. The number of nitrogens with zero attached hydrogens (tertiary/aromatic N) is 3. The molecule has 2 aromatic carbocycles. The maximum Gasteiger partial charge on any atom is 0.261 e. The number of para-hydroxylation sites is 2. The Labute approximate surface area is 191 Å². The summed E-state index contributed by atoms with van der Waals surface area (Å²) in [7, 11) is 0. The molecular weight excluding hydrogens is 416 g/mol. The third-order valence-electron chi connectivity index (χ3n) is 6.85. The standard InChI is InChI=1S/C26H26N4O3/c31-23(27-16-17-6-5-15-33-17)12-14-29-22-10-4-2-7-18(22)19-11-13-30-25(24(19)29)28-21-9-3-1-8-20(21)26(30)32/h1-4,7-10,17H,5-6,11-16H2,(H,27,31)/t17-/m1/s1.